The Morgan fingerprint density at radius 2 is 1.37 bits per heavy atom. The van der Waals surface area contributed by atoms with Crippen LogP contribution in [0.4, 0.5) is 0 Å². The summed E-state index contributed by atoms with van der Waals surface area (Å²) in [5.74, 6) is -0.965. The fourth-order valence-corrected chi connectivity index (χ4v) is 4.48. The molecule has 216 valence electrons. The number of amides is 2. The van der Waals surface area contributed by atoms with Gasteiger partial charge in [-0.25, -0.2) is 4.79 Å². The smallest absolute Gasteiger partial charge is 0.333 e. The van der Waals surface area contributed by atoms with E-state index >= 15 is 0 Å². The summed E-state index contributed by atoms with van der Waals surface area (Å²) in [4.78, 5) is 40.5. The fraction of sp³-hybridized carbons (Fsp3) is 0.344. The molecule has 0 saturated carbocycles. The van der Waals surface area contributed by atoms with E-state index in [4.69, 9.17) is 24.5 Å². The summed E-state index contributed by atoms with van der Waals surface area (Å²) in [5, 5.41) is 12.8. The largest absolute Gasteiger partial charge is 0.497 e. The zero-order chi connectivity index (χ0) is 33.0. The quantitative estimate of drug-likeness (QED) is 0.234. The maximum atomic E-state index is 12.4. The normalized spacial score (nSPS) is 15.5. The highest BCUT2D eigenvalue weighted by atomic mass is 16.7. The third-order valence-electron chi connectivity index (χ3n) is 6.74. The van der Waals surface area contributed by atoms with Gasteiger partial charge in [-0.15, -0.1) is 5.06 Å². The number of rotatable bonds is 13. The van der Waals surface area contributed by atoms with Gasteiger partial charge in [0.1, 0.15) is 22.8 Å². The first-order valence-corrected chi connectivity index (χ1v) is 13.1. The van der Waals surface area contributed by atoms with E-state index in [1.165, 1.54) is 33.5 Å². The van der Waals surface area contributed by atoms with E-state index < -0.39 is 42.6 Å². The molecule has 0 aromatic heterocycles. The minimum atomic E-state index is -2.67. The van der Waals surface area contributed by atoms with Crippen LogP contribution >= 0.6 is 0 Å². The van der Waals surface area contributed by atoms with Crippen molar-refractivity contribution in [2.24, 2.45) is 0 Å². The molecule has 1 N–H and O–H groups in total. The Morgan fingerprint density at radius 1 is 0.829 bits per heavy atom. The third kappa shape index (κ3) is 6.69. The molecule has 0 atom stereocenters. The van der Waals surface area contributed by atoms with E-state index in [0.29, 0.717) is 27.7 Å². The molecule has 1 fully saturated rings. The topological polar surface area (TPSA) is 112 Å². The second kappa shape index (κ2) is 13.3. The van der Waals surface area contributed by atoms with Crippen LogP contribution < -0.4 is 14.2 Å². The zero-order valence-corrected chi connectivity index (χ0v) is 23.1. The van der Waals surface area contributed by atoms with Crippen LogP contribution in [-0.2, 0) is 31.2 Å². The van der Waals surface area contributed by atoms with Crippen molar-refractivity contribution in [2.75, 3.05) is 21.3 Å². The molecule has 0 aliphatic carbocycles. The summed E-state index contributed by atoms with van der Waals surface area (Å²) >= 11 is 0. The zero-order valence-electron chi connectivity index (χ0n) is 27.1. The highest BCUT2D eigenvalue weighted by Gasteiger charge is 2.35. The lowest BCUT2D eigenvalue weighted by Gasteiger charge is -2.31. The highest BCUT2D eigenvalue weighted by molar-refractivity contribution is 6.01. The van der Waals surface area contributed by atoms with Gasteiger partial charge in [0.05, 0.1) is 21.3 Å². The average Bonchev–Trinajstić information content (AvgIpc) is 3.36. The molecule has 1 aliphatic heterocycles. The summed E-state index contributed by atoms with van der Waals surface area (Å²) in [7, 11) is 4.38. The lowest BCUT2D eigenvalue weighted by Crippen LogP contribution is -2.31. The van der Waals surface area contributed by atoms with E-state index in [9.17, 15) is 19.5 Å². The number of benzene rings is 3. The number of carbonyl (C=O) groups is 3. The van der Waals surface area contributed by atoms with Gasteiger partial charge in [-0.3, -0.25) is 9.59 Å². The van der Waals surface area contributed by atoms with Gasteiger partial charge < -0.3 is 24.2 Å². The van der Waals surface area contributed by atoms with Crippen molar-refractivity contribution in [3.05, 3.63) is 89.0 Å². The number of hydroxylamine groups is 2. The van der Waals surface area contributed by atoms with E-state index in [0.717, 1.165) is 0 Å². The van der Waals surface area contributed by atoms with Crippen LogP contribution in [0.15, 0.2) is 66.7 Å². The number of aliphatic hydroxyl groups is 1. The lowest BCUT2D eigenvalue weighted by molar-refractivity contribution is -0.197. The molecule has 2 amide bonds. The monoisotopic (exact) mass is 565 g/mol. The van der Waals surface area contributed by atoms with Gasteiger partial charge in [0.2, 0.25) is 0 Å². The number of hydrogen-bond donors (Lipinski definition) is 1. The molecular weight excluding hydrogens is 526 g/mol. The first-order chi connectivity index (χ1) is 21.3. The summed E-state index contributed by atoms with van der Waals surface area (Å²) in [6.45, 7) is 0. The average molecular weight is 566 g/mol. The van der Waals surface area contributed by atoms with Gasteiger partial charge in [-0.2, -0.15) is 0 Å². The van der Waals surface area contributed by atoms with E-state index in [1.54, 1.807) is 54.6 Å². The molecule has 9 heteroatoms. The van der Waals surface area contributed by atoms with Crippen LogP contribution in [0.25, 0.3) is 0 Å². The van der Waals surface area contributed by atoms with Gasteiger partial charge in [-0.1, -0.05) is 36.8 Å². The molecule has 0 radical (unpaired) electrons. The first-order valence-electron chi connectivity index (χ1n) is 15.1. The Bertz CT molecular complexity index is 1480. The highest BCUT2D eigenvalue weighted by Crippen LogP contribution is 2.40. The predicted molar refractivity (Wildman–Crippen MR) is 150 cm³/mol. The summed E-state index contributed by atoms with van der Waals surface area (Å²) in [6, 6.07) is 17.9. The molecule has 0 unspecified atom stereocenters. The van der Waals surface area contributed by atoms with Gasteiger partial charge in [-0.05, 0) is 77.8 Å². The molecular formula is C32H35NO8. The van der Waals surface area contributed by atoms with E-state index in [2.05, 4.69) is 0 Å². The lowest BCUT2D eigenvalue weighted by atomic mass is 9.79. The first kappa shape index (κ1) is 24.4. The van der Waals surface area contributed by atoms with Crippen molar-refractivity contribution in [2.45, 2.75) is 50.5 Å². The summed E-state index contributed by atoms with van der Waals surface area (Å²) in [6.07, 6.45) is -6.20. The summed E-state index contributed by atoms with van der Waals surface area (Å²) < 4.78 is 51.2. The number of nitrogens with zero attached hydrogens (tertiary/aromatic N) is 1. The Labute approximate surface area is 245 Å². The Hall–Kier alpha value is -4.37. The number of aryl methyl sites for hydroxylation is 1. The van der Waals surface area contributed by atoms with Crippen LogP contribution in [-0.4, -0.2) is 49.3 Å². The predicted octanol–water partition coefficient (Wildman–Crippen LogP) is 4.71. The maximum absolute atomic E-state index is 12.4. The van der Waals surface area contributed by atoms with Gasteiger partial charge >= 0.3 is 5.97 Å². The molecule has 3 aromatic rings. The van der Waals surface area contributed by atoms with E-state index in [-0.39, 0.29) is 42.6 Å². The fourth-order valence-electron chi connectivity index (χ4n) is 4.48. The molecule has 1 saturated heterocycles. The number of ether oxygens (including phenoxy) is 3. The second-order valence-electron chi connectivity index (χ2n) is 9.28. The van der Waals surface area contributed by atoms with Crippen molar-refractivity contribution < 1.29 is 44.0 Å². The SMILES string of the molecule is [2H]C([2H])(CCCC(=O)ON1C(=O)CCC1=O)C([2H])([2H])c1cc(C(O)(c2ccc(OC)cc2)c2ccc(OC)cc2)ccc1OC. The van der Waals surface area contributed by atoms with Gasteiger partial charge in [0.15, 0.2) is 0 Å². The Morgan fingerprint density at radius 3 is 1.88 bits per heavy atom. The number of imide groups is 1. The van der Waals surface area contributed by atoms with Crippen LogP contribution in [0.2, 0.25) is 0 Å². The van der Waals surface area contributed by atoms with Crippen molar-refractivity contribution in [3.8, 4) is 17.2 Å². The standard InChI is InChI=1S/C32H35NO8/c1-38-26-14-9-23(10-15-26)32(37,24-11-16-27(39-2)17-12-24)25-13-18-28(40-3)22(21-25)7-5-4-6-8-31(36)41-33-29(34)19-20-30(33)35/h9-18,21,37H,4-8,19-20H2,1-3H3/i5D2,7D2. The van der Waals surface area contributed by atoms with Crippen LogP contribution in [0.3, 0.4) is 0 Å². The van der Waals surface area contributed by atoms with Crippen molar-refractivity contribution in [1.29, 1.82) is 0 Å². The summed E-state index contributed by atoms with van der Waals surface area (Å²) in [5.41, 5.74) is -0.819. The van der Waals surface area contributed by atoms with Crippen LogP contribution in [0.1, 0.15) is 66.2 Å². The third-order valence-corrected chi connectivity index (χ3v) is 6.74. The minimum Gasteiger partial charge on any atom is -0.497 e. The number of hydrogen-bond acceptors (Lipinski definition) is 8. The molecule has 1 aliphatic rings. The Kier molecular flexibility index (Phi) is 7.94. The molecule has 3 aromatic carbocycles. The minimum absolute atomic E-state index is 0.0537. The van der Waals surface area contributed by atoms with Gasteiger partial charge in [0, 0.05) is 24.7 Å². The van der Waals surface area contributed by atoms with Crippen LogP contribution in [0, 0.1) is 0 Å². The van der Waals surface area contributed by atoms with Crippen molar-refractivity contribution in [3.63, 3.8) is 0 Å². The molecule has 0 spiro atoms. The van der Waals surface area contributed by atoms with E-state index in [1.807, 2.05) is 0 Å². The Balaban J connectivity index is 1.67. The molecule has 1 heterocycles. The number of carbonyl (C=O) groups excluding carboxylic acids is 3. The maximum Gasteiger partial charge on any atom is 0.333 e. The molecule has 9 nitrogen and oxygen atoms in total. The van der Waals surface area contributed by atoms with Crippen LogP contribution in [0.5, 0.6) is 17.2 Å². The molecule has 41 heavy (non-hydrogen) atoms. The molecule has 4 rings (SSSR count). The second-order valence-corrected chi connectivity index (χ2v) is 9.28. The van der Waals surface area contributed by atoms with Gasteiger partial charge in [0.25, 0.3) is 11.8 Å². The number of methoxy groups -OCH3 is 3. The van der Waals surface area contributed by atoms with Crippen molar-refractivity contribution >= 4 is 17.8 Å². The van der Waals surface area contributed by atoms with Crippen molar-refractivity contribution in [1.82, 2.24) is 5.06 Å². The molecule has 0 bridgehead atoms.